The Bertz CT molecular complexity index is 739. The Morgan fingerprint density at radius 3 is 2.38 bits per heavy atom. The van der Waals surface area contributed by atoms with Crippen LogP contribution in [0.15, 0.2) is 48.5 Å². The molecule has 0 aromatic heterocycles. The van der Waals surface area contributed by atoms with Gasteiger partial charge in [-0.3, -0.25) is 9.59 Å². The first-order valence-corrected chi connectivity index (χ1v) is 8.92. The lowest BCUT2D eigenvalue weighted by Gasteiger charge is -2.10. The lowest BCUT2D eigenvalue weighted by Crippen LogP contribution is -2.22. The number of ether oxygens (including phenoxy) is 1. The average Bonchev–Trinajstić information content (AvgIpc) is 2.62. The molecule has 0 unspecified atom stereocenters. The summed E-state index contributed by atoms with van der Waals surface area (Å²) >= 11 is 0. The van der Waals surface area contributed by atoms with Crippen molar-refractivity contribution in [2.45, 2.75) is 27.2 Å². The molecular weight excluding hydrogens is 328 g/mol. The van der Waals surface area contributed by atoms with Crippen LogP contribution < -0.4 is 15.4 Å². The molecule has 26 heavy (non-hydrogen) atoms. The van der Waals surface area contributed by atoms with E-state index in [0.717, 1.165) is 6.42 Å². The van der Waals surface area contributed by atoms with Gasteiger partial charge in [0.05, 0.1) is 6.61 Å². The fourth-order valence-electron chi connectivity index (χ4n) is 2.31. The monoisotopic (exact) mass is 354 g/mol. The van der Waals surface area contributed by atoms with Crippen LogP contribution in [0.2, 0.25) is 0 Å². The zero-order valence-corrected chi connectivity index (χ0v) is 15.5. The molecule has 0 heterocycles. The van der Waals surface area contributed by atoms with E-state index < -0.39 is 0 Å². The van der Waals surface area contributed by atoms with Crippen LogP contribution in [0.4, 0.5) is 5.69 Å². The summed E-state index contributed by atoms with van der Waals surface area (Å²) in [6, 6.07) is 13.9. The maximum absolute atomic E-state index is 12.4. The van der Waals surface area contributed by atoms with Crippen LogP contribution in [0.5, 0.6) is 5.75 Å². The van der Waals surface area contributed by atoms with E-state index in [4.69, 9.17) is 4.74 Å². The molecule has 5 heteroatoms. The van der Waals surface area contributed by atoms with Gasteiger partial charge >= 0.3 is 0 Å². The lowest BCUT2D eigenvalue weighted by molar-refractivity contribution is 0.0955. The Balaban J connectivity index is 1.97. The molecular formula is C21H26N2O3. The first-order chi connectivity index (χ1) is 12.5. The number of benzene rings is 2. The normalized spacial score (nSPS) is 10.5. The van der Waals surface area contributed by atoms with Gasteiger partial charge in [0, 0.05) is 23.4 Å². The zero-order chi connectivity index (χ0) is 18.9. The number of amides is 2. The molecule has 0 aliphatic carbocycles. The average molecular weight is 354 g/mol. The van der Waals surface area contributed by atoms with E-state index in [1.54, 1.807) is 42.5 Å². The predicted molar refractivity (Wildman–Crippen MR) is 104 cm³/mol. The molecule has 2 N–H and O–H groups in total. The van der Waals surface area contributed by atoms with Crippen LogP contribution in [-0.2, 0) is 0 Å². The summed E-state index contributed by atoms with van der Waals surface area (Å²) in [6.07, 6.45) is 0.967. The van der Waals surface area contributed by atoms with Gasteiger partial charge in [-0.2, -0.15) is 0 Å². The van der Waals surface area contributed by atoms with Crippen molar-refractivity contribution >= 4 is 17.5 Å². The molecule has 0 saturated heterocycles. The molecule has 2 amide bonds. The fourth-order valence-corrected chi connectivity index (χ4v) is 2.31. The third-order valence-electron chi connectivity index (χ3n) is 3.80. The third kappa shape index (κ3) is 5.92. The van der Waals surface area contributed by atoms with Gasteiger partial charge in [0.15, 0.2) is 0 Å². The van der Waals surface area contributed by atoms with Gasteiger partial charge in [-0.15, -0.1) is 0 Å². The lowest BCUT2D eigenvalue weighted by atomic mass is 10.1. The SMILES string of the molecule is CCNC(=O)c1ccc(NC(=O)c2cccc(OCCC(C)C)c2)cc1. The number of carbonyl (C=O) groups excluding carboxylic acids is 2. The number of nitrogens with one attached hydrogen (secondary N) is 2. The van der Waals surface area contributed by atoms with Crippen molar-refractivity contribution in [3.63, 3.8) is 0 Å². The Labute approximate surface area is 154 Å². The van der Waals surface area contributed by atoms with Crippen molar-refractivity contribution < 1.29 is 14.3 Å². The van der Waals surface area contributed by atoms with Crippen LogP contribution >= 0.6 is 0 Å². The van der Waals surface area contributed by atoms with Gasteiger partial charge in [0.2, 0.25) is 0 Å². The molecule has 0 aliphatic rings. The molecule has 0 bridgehead atoms. The van der Waals surface area contributed by atoms with Gasteiger partial charge in [0.1, 0.15) is 5.75 Å². The van der Waals surface area contributed by atoms with Gasteiger partial charge in [-0.1, -0.05) is 19.9 Å². The van der Waals surface area contributed by atoms with Gasteiger partial charge < -0.3 is 15.4 Å². The van der Waals surface area contributed by atoms with Gasteiger partial charge in [-0.05, 0) is 61.7 Å². The first kappa shape index (κ1) is 19.5. The third-order valence-corrected chi connectivity index (χ3v) is 3.80. The van der Waals surface area contributed by atoms with Crippen LogP contribution in [-0.4, -0.2) is 25.0 Å². The summed E-state index contributed by atoms with van der Waals surface area (Å²) in [6.45, 7) is 7.36. The van der Waals surface area contributed by atoms with Crippen molar-refractivity contribution in [1.82, 2.24) is 5.32 Å². The molecule has 0 fully saturated rings. The molecule has 0 saturated carbocycles. The summed E-state index contributed by atoms with van der Waals surface area (Å²) < 4.78 is 5.70. The predicted octanol–water partition coefficient (Wildman–Crippen LogP) is 4.11. The highest BCUT2D eigenvalue weighted by molar-refractivity contribution is 6.04. The number of carbonyl (C=O) groups is 2. The Morgan fingerprint density at radius 2 is 1.73 bits per heavy atom. The second-order valence-electron chi connectivity index (χ2n) is 6.45. The number of hydrogen-bond acceptors (Lipinski definition) is 3. The molecule has 138 valence electrons. The molecule has 0 radical (unpaired) electrons. The highest BCUT2D eigenvalue weighted by Crippen LogP contribution is 2.17. The van der Waals surface area contributed by atoms with Gasteiger partial charge in [-0.25, -0.2) is 0 Å². The second kappa shape index (κ2) is 9.61. The molecule has 2 rings (SSSR count). The fraction of sp³-hybridized carbons (Fsp3) is 0.333. The van der Waals surface area contributed by atoms with Crippen molar-refractivity contribution in [1.29, 1.82) is 0 Å². The van der Waals surface area contributed by atoms with E-state index in [2.05, 4.69) is 24.5 Å². The molecule has 0 aliphatic heterocycles. The largest absolute Gasteiger partial charge is 0.494 e. The summed E-state index contributed by atoms with van der Waals surface area (Å²) in [7, 11) is 0. The number of hydrogen-bond donors (Lipinski definition) is 2. The minimum absolute atomic E-state index is 0.128. The number of anilines is 1. The number of rotatable bonds is 8. The summed E-state index contributed by atoms with van der Waals surface area (Å²) in [5.41, 5.74) is 1.72. The minimum Gasteiger partial charge on any atom is -0.494 e. The van der Waals surface area contributed by atoms with Crippen molar-refractivity contribution in [3.8, 4) is 5.75 Å². The molecule has 0 spiro atoms. The van der Waals surface area contributed by atoms with E-state index in [0.29, 0.717) is 41.6 Å². The van der Waals surface area contributed by atoms with E-state index in [1.165, 1.54) is 0 Å². The smallest absolute Gasteiger partial charge is 0.255 e. The summed E-state index contributed by atoms with van der Waals surface area (Å²) in [5.74, 6) is 0.912. The highest BCUT2D eigenvalue weighted by Gasteiger charge is 2.09. The van der Waals surface area contributed by atoms with Crippen molar-refractivity contribution in [3.05, 3.63) is 59.7 Å². The summed E-state index contributed by atoms with van der Waals surface area (Å²) in [5, 5.41) is 5.57. The van der Waals surface area contributed by atoms with Crippen LogP contribution in [0.25, 0.3) is 0 Å². The topological polar surface area (TPSA) is 67.4 Å². The van der Waals surface area contributed by atoms with Crippen LogP contribution in [0.1, 0.15) is 47.9 Å². The van der Waals surface area contributed by atoms with Crippen molar-refractivity contribution in [2.75, 3.05) is 18.5 Å². The van der Waals surface area contributed by atoms with Crippen LogP contribution in [0, 0.1) is 5.92 Å². The summed E-state index contributed by atoms with van der Waals surface area (Å²) in [4.78, 5) is 24.2. The van der Waals surface area contributed by atoms with E-state index >= 15 is 0 Å². The highest BCUT2D eigenvalue weighted by atomic mass is 16.5. The van der Waals surface area contributed by atoms with Gasteiger partial charge in [0.25, 0.3) is 11.8 Å². The zero-order valence-electron chi connectivity index (χ0n) is 15.5. The Morgan fingerprint density at radius 1 is 1.00 bits per heavy atom. The molecule has 2 aromatic rings. The maximum atomic E-state index is 12.4. The Kier molecular flexibility index (Phi) is 7.21. The molecule has 5 nitrogen and oxygen atoms in total. The maximum Gasteiger partial charge on any atom is 0.255 e. The molecule has 2 aromatic carbocycles. The molecule has 0 atom stereocenters. The van der Waals surface area contributed by atoms with E-state index in [9.17, 15) is 9.59 Å². The van der Waals surface area contributed by atoms with Crippen LogP contribution in [0.3, 0.4) is 0 Å². The minimum atomic E-state index is -0.218. The van der Waals surface area contributed by atoms with E-state index in [1.807, 2.05) is 13.0 Å². The van der Waals surface area contributed by atoms with Crippen molar-refractivity contribution in [2.24, 2.45) is 5.92 Å². The van der Waals surface area contributed by atoms with E-state index in [-0.39, 0.29) is 11.8 Å². The first-order valence-electron chi connectivity index (χ1n) is 8.92. The quantitative estimate of drug-likeness (QED) is 0.749. The Hall–Kier alpha value is -2.82. The second-order valence-corrected chi connectivity index (χ2v) is 6.45. The standard InChI is InChI=1S/C21H26N2O3/c1-4-22-20(24)16-8-10-18(11-9-16)23-21(25)17-6-5-7-19(14-17)26-13-12-15(2)3/h5-11,14-15H,4,12-13H2,1-3H3,(H,22,24)(H,23,25).